The van der Waals surface area contributed by atoms with Crippen molar-refractivity contribution in [3.05, 3.63) is 0 Å². The Labute approximate surface area is 94.0 Å². The molecule has 1 saturated carbocycles. The van der Waals surface area contributed by atoms with Crippen LogP contribution in [0.1, 0.15) is 53.4 Å². The molecule has 1 aliphatic carbocycles. The number of carbonyl (C=O) groups is 1. The van der Waals surface area contributed by atoms with Gasteiger partial charge < -0.3 is 0 Å². The maximum absolute atomic E-state index is 11.3. The summed E-state index contributed by atoms with van der Waals surface area (Å²) in [6, 6.07) is 0.688. The summed E-state index contributed by atoms with van der Waals surface area (Å²) in [6.07, 6.45) is 5.04. The van der Waals surface area contributed by atoms with E-state index < -0.39 is 0 Å². The normalized spacial score (nSPS) is 24.1. The molecule has 1 rings (SSSR count). The van der Waals surface area contributed by atoms with Crippen LogP contribution < -0.4 is 0 Å². The van der Waals surface area contributed by atoms with Crippen molar-refractivity contribution >= 4 is 5.78 Å². The number of rotatable bonds is 3. The first-order valence-corrected chi connectivity index (χ1v) is 6.06. The predicted molar refractivity (Wildman–Crippen MR) is 63.9 cm³/mol. The van der Waals surface area contributed by atoms with E-state index in [-0.39, 0.29) is 11.8 Å². The molecule has 1 atom stereocenters. The predicted octanol–water partition coefficient (Wildman–Crippen LogP) is 2.86. The molecule has 2 nitrogen and oxygen atoms in total. The van der Waals surface area contributed by atoms with Crippen molar-refractivity contribution in [1.82, 2.24) is 4.90 Å². The molecule has 0 radical (unpaired) electrons. The van der Waals surface area contributed by atoms with Gasteiger partial charge in [0.25, 0.3) is 0 Å². The lowest BCUT2D eigenvalue weighted by molar-refractivity contribution is -0.122. The van der Waals surface area contributed by atoms with Gasteiger partial charge in [-0.1, -0.05) is 13.8 Å². The molecule has 0 aromatic carbocycles. The fraction of sp³-hybridized carbons (Fsp3) is 0.923. The topological polar surface area (TPSA) is 20.3 Å². The number of ketones is 1. The third-order valence-corrected chi connectivity index (χ3v) is 4.08. The Bertz CT molecular complexity index is 225. The second-order valence-electron chi connectivity index (χ2n) is 5.85. The van der Waals surface area contributed by atoms with Crippen molar-refractivity contribution in [3.8, 4) is 0 Å². The fourth-order valence-corrected chi connectivity index (χ4v) is 2.39. The van der Waals surface area contributed by atoms with Crippen molar-refractivity contribution in [2.24, 2.45) is 5.41 Å². The molecule has 0 heterocycles. The smallest absolute Gasteiger partial charge is 0.146 e. The van der Waals surface area contributed by atoms with Crippen LogP contribution in [0.15, 0.2) is 0 Å². The Kier molecular flexibility index (Phi) is 3.93. The van der Waals surface area contributed by atoms with Gasteiger partial charge in [-0.2, -0.15) is 0 Å². The average Bonchev–Trinajstić information content (AvgIpc) is 2.15. The largest absolute Gasteiger partial charge is 0.298 e. The zero-order valence-corrected chi connectivity index (χ0v) is 10.8. The van der Waals surface area contributed by atoms with Crippen molar-refractivity contribution in [2.75, 3.05) is 7.05 Å². The standard InChI is InChI=1S/C13H25NO/c1-10(11(2)15)14(5)12-6-8-13(3,4)9-7-12/h10,12H,6-9H2,1-5H3. The van der Waals surface area contributed by atoms with Crippen molar-refractivity contribution < 1.29 is 4.79 Å². The van der Waals surface area contributed by atoms with Crippen LogP contribution in [-0.4, -0.2) is 29.8 Å². The van der Waals surface area contributed by atoms with Crippen molar-refractivity contribution in [1.29, 1.82) is 0 Å². The molecule has 0 saturated heterocycles. The molecule has 0 aromatic heterocycles. The maximum Gasteiger partial charge on any atom is 0.146 e. The number of likely N-dealkylation sites (N-methyl/N-ethyl adjacent to an activating group) is 1. The molecule has 1 aliphatic rings. The zero-order valence-electron chi connectivity index (χ0n) is 10.8. The van der Waals surface area contributed by atoms with E-state index in [1.807, 2.05) is 6.92 Å². The van der Waals surface area contributed by atoms with Gasteiger partial charge in [-0.25, -0.2) is 0 Å². The van der Waals surface area contributed by atoms with Crippen LogP contribution in [0.3, 0.4) is 0 Å². The van der Waals surface area contributed by atoms with Gasteiger partial charge in [0.1, 0.15) is 5.78 Å². The first kappa shape index (κ1) is 12.7. The average molecular weight is 211 g/mol. The SMILES string of the molecule is CC(=O)C(C)N(C)C1CCC(C)(C)CC1. The highest BCUT2D eigenvalue weighted by Gasteiger charge is 2.31. The first-order chi connectivity index (χ1) is 6.83. The van der Waals surface area contributed by atoms with Crippen LogP contribution in [0, 0.1) is 5.41 Å². The van der Waals surface area contributed by atoms with E-state index in [4.69, 9.17) is 0 Å². The molecule has 1 unspecified atom stereocenters. The summed E-state index contributed by atoms with van der Waals surface area (Å²) in [5.74, 6) is 0.280. The summed E-state index contributed by atoms with van der Waals surface area (Å²) in [6.45, 7) is 8.39. The second kappa shape index (κ2) is 4.65. The molecular weight excluding hydrogens is 186 g/mol. The van der Waals surface area contributed by atoms with E-state index in [0.717, 1.165) is 0 Å². The third-order valence-electron chi connectivity index (χ3n) is 4.08. The maximum atomic E-state index is 11.3. The molecule has 0 spiro atoms. The van der Waals surface area contributed by atoms with Crippen molar-refractivity contribution in [3.63, 3.8) is 0 Å². The summed E-state index contributed by atoms with van der Waals surface area (Å²) in [5.41, 5.74) is 0.511. The van der Waals surface area contributed by atoms with Crippen LogP contribution in [-0.2, 0) is 4.79 Å². The van der Waals surface area contributed by atoms with Gasteiger partial charge in [0.05, 0.1) is 6.04 Å². The quantitative estimate of drug-likeness (QED) is 0.715. The Hall–Kier alpha value is -0.370. The summed E-state index contributed by atoms with van der Waals surface area (Å²) in [5, 5.41) is 0. The molecule has 0 N–H and O–H groups in total. The van der Waals surface area contributed by atoms with Gasteiger partial charge in [-0.3, -0.25) is 9.69 Å². The minimum Gasteiger partial charge on any atom is -0.298 e. The van der Waals surface area contributed by atoms with Gasteiger partial charge in [0.15, 0.2) is 0 Å². The van der Waals surface area contributed by atoms with E-state index in [0.29, 0.717) is 11.5 Å². The lowest BCUT2D eigenvalue weighted by Crippen LogP contribution is -2.44. The molecule has 0 amide bonds. The van der Waals surface area contributed by atoms with Crippen molar-refractivity contribution in [2.45, 2.75) is 65.5 Å². The number of hydrogen-bond acceptors (Lipinski definition) is 2. The highest BCUT2D eigenvalue weighted by atomic mass is 16.1. The first-order valence-electron chi connectivity index (χ1n) is 6.06. The molecular formula is C13H25NO. The number of carbonyl (C=O) groups excluding carboxylic acids is 1. The van der Waals surface area contributed by atoms with Gasteiger partial charge >= 0.3 is 0 Å². The molecule has 0 aromatic rings. The summed E-state index contributed by atoms with van der Waals surface area (Å²) in [7, 11) is 2.09. The van der Waals surface area contributed by atoms with E-state index in [9.17, 15) is 4.79 Å². The van der Waals surface area contributed by atoms with Gasteiger partial charge in [-0.15, -0.1) is 0 Å². The molecule has 2 heteroatoms. The van der Waals surface area contributed by atoms with Crippen LogP contribution in [0.25, 0.3) is 0 Å². The van der Waals surface area contributed by atoms with Crippen LogP contribution in [0.4, 0.5) is 0 Å². The Morgan fingerprint density at radius 3 is 2.20 bits per heavy atom. The Balaban J connectivity index is 2.49. The molecule has 1 fully saturated rings. The lowest BCUT2D eigenvalue weighted by atomic mass is 9.75. The van der Waals surface area contributed by atoms with E-state index in [2.05, 4.69) is 25.8 Å². The number of nitrogens with zero attached hydrogens (tertiary/aromatic N) is 1. The summed E-state index contributed by atoms with van der Waals surface area (Å²) < 4.78 is 0. The van der Waals surface area contributed by atoms with Gasteiger partial charge in [-0.05, 0) is 52.0 Å². The zero-order chi connectivity index (χ0) is 11.6. The summed E-state index contributed by atoms with van der Waals surface area (Å²) >= 11 is 0. The van der Waals surface area contributed by atoms with E-state index in [1.54, 1.807) is 6.92 Å². The number of hydrogen-bond donors (Lipinski definition) is 0. The molecule has 0 aliphatic heterocycles. The minimum absolute atomic E-state index is 0.0798. The highest BCUT2D eigenvalue weighted by molar-refractivity contribution is 5.80. The Morgan fingerprint density at radius 2 is 1.80 bits per heavy atom. The third kappa shape index (κ3) is 3.30. The molecule has 15 heavy (non-hydrogen) atoms. The van der Waals surface area contributed by atoms with E-state index >= 15 is 0 Å². The minimum atomic E-state index is 0.0798. The number of Topliss-reactive ketones (excluding diaryl/α,β-unsaturated/α-hetero) is 1. The second-order valence-corrected chi connectivity index (χ2v) is 5.85. The van der Waals surface area contributed by atoms with Crippen LogP contribution in [0.2, 0.25) is 0 Å². The van der Waals surface area contributed by atoms with E-state index in [1.165, 1.54) is 25.7 Å². The van der Waals surface area contributed by atoms with Crippen LogP contribution in [0.5, 0.6) is 0 Å². The lowest BCUT2D eigenvalue weighted by Gasteiger charge is -2.40. The van der Waals surface area contributed by atoms with Gasteiger partial charge in [0, 0.05) is 6.04 Å². The van der Waals surface area contributed by atoms with Gasteiger partial charge in [0.2, 0.25) is 0 Å². The summed E-state index contributed by atoms with van der Waals surface area (Å²) in [4.78, 5) is 13.6. The monoisotopic (exact) mass is 211 g/mol. The fourth-order valence-electron chi connectivity index (χ4n) is 2.39. The highest BCUT2D eigenvalue weighted by Crippen LogP contribution is 2.36. The van der Waals surface area contributed by atoms with Crippen LogP contribution >= 0.6 is 0 Å². The Morgan fingerprint density at radius 1 is 1.33 bits per heavy atom. The molecule has 0 bridgehead atoms. The molecule has 88 valence electrons.